The number of rotatable bonds is 18. The molecule has 0 aromatic heterocycles. The van der Waals surface area contributed by atoms with Gasteiger partial charge in [-0.1, -0.05) is 106 Å². The second-order valence-electron chi connectivity index (χ2n) is 10.2. The van der Waals surface area contributed by atoms with E-state index in [4.69, 9.17) is 25.8 Å². The highest BCUT2D eigenvalue weighted by molar-refractivity contribution is 6.30. The van der Waals surface area contributed by atoms with Gasteiger partial charge in [0.05, 0.1) is 25.9 Å². The molecule has 1 unspecified atom stereocenters. The Kier molecular flexibility index (Phi) is 15.3. The first-order valence-electron chi connectivity index (χ1n) is 14.8. The zero-order valence-corrected chi connectivity index (χ0v) is 24.5. The molecule has 7 heteroatoms. The standard InChI is InChI=1S/C32H47ClN2O4/c1-2-3-4-5-6-7-8-12-23-37-24-25-38-26-27-39-32(36)35-21-19-34(20-22-35)31(28-13-10-9-11-14-28)29-15-17-30(33)18-16-29/h9-11,13-18,31H,2-8,12,19-27H2,1H3. The number of hydrogen-bond acceptors (Lipinski definition) is 5. The van der Waals surface area contributed by atoms with Gasteiger partial charge in [0.15, 0.2) is 0 Å². The highest BCUT2D eigenvalue weighted by atomic mass is 35.5. The second-order valence-corrected chi connectivity index (χ2v) is 10.6. The number of benzene rings is 2. The molecule has 0 bridgehead atoms. The van der Waals surface area contributed by atoms with Gasteiger partial charge in [0.2, 0.25) is 0 Å². The third-order valence-corrected chi connectivity index (χ3v) is 7.46. The molecule has 0 saturated carbocycles. The van der Waals surface area contributed by atoms with Crippen LogP contribution in [0.4, 0.5) is 4.79 Å². The number of halogens is 1. The maximum atomic E-state index is 12.6. The number of unbranched alkanes of at least 4 members (excludes halogenated alkanes) is 7. The maximum absolute atomic E-state index is 12.6. The fraction of sp³-hybridized carbons (Fsp3) is 0.594. The number of nitrogens with zero attached hydrogens (tertiary/aromatic N) is 2. The predicted octanol–water partition coefficient (Wildman–Crippen LogP) is 7.36. The highest BCUT2D eigenvalue weighted by Crippen LogP contribution is 2.30. The molecule has 1 amide bonds. The van der Waals surface area contributed by atoms with Crippen molar-refractivity contribution < 1.29 is 19.0 Å². The largest absolute Gasteiger partial charge is 0.447 e. The van der Waals surface area contributed by atoms with Gasteiger partial charge in [-0.15, -0.1) is 0 Å². The third kappa shape index (κ3) is 11.9. The molecule has 2 aromatic rings. The SMILES string of the molecule is CCCCCCCCCCOCCOCCOC(=O)N1CCN(C(c2ccccc2)c2ccc(Cl)cc2)CC1. The summed E-state index contributed by atoms with van der Waals surface area (Å²) in [6.45, 7) is 7.60. The number of piperazine rings is 1. The zero-order chi connectivity index (χ0) is 27.5. The summed E-state index contributed by atoms with van der Waals surface area (Å²) in [5.41, 5.74) is 2.43. The van der Waals surface area contributed by atoms with E-state index >= 15 is 0 Å². The van der Waals surface area contributed by atoms with Gasteiger partial charge in [0.1, 0.15) is 6.61 Å². The summed E-state index contributed by atoms with van der Waals surface area (Å²) < 4.78 is 16.7. The van der Waals surface area contributed by atoms with Crippen LogP contribution < -0.4 is 0 Å². The van der Waals surface area contributed by atoms with E-state index in [1.165, 1.54) is 56.1 Å². The zero-order valence-electron chi connectivity index (χ0n) is 23.7. The lowest BCUT2D eigenvalue weighted by Gasteiger charge is -2.39. The van der Waals surface area contributed by atoms with Crippen LogP contribution >= 0.6 is 11.6 Å². The molecule has 0 spiro atoms. The summed E-state index contributed by atoms with van der Waals surface area (Å²) in [5, 5.41) is 0.730. The van der Waals surface area contributed by atoms with Crippen LogP contribution in [0.25, 0.3) is 0 Å². The lowest BCUT2D eigenvalue weighted by atomic mass is 9.96. The Hall–Kier alpha value is -2.12. The Labute approximate surface area is 240 Å². The normalized spacial score (nSPS) is 14.9. The quantitative estimate of drug-likeness (QED) is 0.179. The van der Waals surface area contributed by atoms with Gasteiger partial charge in [-0.05, 0) is 29.7 Å². The van der Waals surface area contributed by atoms with Gasteiger partial charge in [0.25, 0.3) is 0 Å². The van der Waals surface area contributed by atoms with Crippen LogP contribution in [0, 0.1) is 0 Å². The minimum atomic E-state index is -0.271. The van der Waals surface area contributed by atoms with Crippen molar-refractivity contribution in [2.24, 2.45) is 0 Å². The number of amides is 1. The molecule has 1 atom stereocenters. The first-order valence-corrected chi connectivity index (χ1v) is 15.2. The van der Waals surface area contributed by atoms with Gasteiger partial charge in [-0.3, -0.25) is 4.90 Å². The fourth-order valence-corrected chi connectivity index (χ4v) is 5.12. The van der Waals surface area contributed by atoms with E-state index in [2.05, 4.69) is 48.2 Å². The molecule has 0 N–H and O–H groups in total. The average molecular weight is 559 g/mol. The summed E-state index contributed by atoms with van der Waals surface area (Å²) in [4.78, 5) is 16.8. The van der Waals surface area contributed by atoms with Crippen molar-refractivity contribution >= 4 is 17.7 Å². The van der Waals surface area contributed by atoms with Gasteiger partial charge in [-0.25, -0.2) is 4.79 Å². The molecule has 3 rings (SSSR count). The van der Waals surface area contributed by atoms with E-state index in [-0.39, 0.29) is 18.7 Å². The van der Waals surface area contributed by atoms with Crippen molar-refractivity contribution in [1.29, 1.82) is 0 Å². The first kappa shape index (κ1) is 31.4. The maximum Gasteiger partial charge on any atom is 0.409 e. The van der Waals surface area contributed by atoms with Gasteiger partial charge < -0.3 is 19.1 Å². The molecule has 2 aromatic carbocycles. The molecule has 1 saturated heterocycles. The molecule has 1 aliphatic heterocycles. The lowest BCUT2D eigenvalue weighted by molar-refractivity contribution is 0.0169. The molecule has 6 nitrogen and oxygen atoms in total. The molecule has 216 valence electrons. The number of carbonyl (C=O) groups excluding carboxylic acids is 1. The van der Waals surface area contributed by atoms with Gasteiger partial charge >= 0.3 is 6.09 Å². The van der Waals surface area contributed by atoms with E-state index in [9.17, 15) is 4.79 Å². The van der Waals surface area contributed by atoms with Crippen LogP contribution in [0.1, 0.15) is 75.5 Å². The Bertz CT molecular complexity index is 904. The molecular formula is C32H47ClN2O4. The van der Waals surface area contributed by atoms with Crippen LogP contribution in [-0.4, -0.2) is 75.1 Å². The van der Waals surface area contributed by atoms with Crippen LogP contribution in [0.3, 0.4) is 0 Å². The van der Waals surface area contributed by atoms with E-state index in [1.807, 2.05) is 18.2 Å². The third-order valence-electron chi connectivity index (χ3n) is 7.21. The van der Waals surface area contributed by atoms with E-state index in [0.29, 0.717) is 32.9 Å². The molecule has 1 aliphatic rings. The van der Waals surface area contributed by atoms with Crippen LogP contribution in [0.15, 0.2) is 54.6 Å². The molecule has 0 radical (unpaired) electrons. The van der Waals surface area contributed by atoms with Crippen molar-refractivity contribution in [3.05, 3.63) is 70.7 Å². The fourth-order valence-electron chi connectivity index (χ4n) is 5.00. The Morgan fingerprint density at radius 3 is 1.95 bits per heavy atom. The number of hydrogen-bond donors (Lipinski definition) is 0. The Balaban J connectivity index is 1.25. The van der Waals surface area contributed by atoms with E-state index < -0.39 is 0 Å². The topological polar surface area (TPSA) is 51.2 Å². The summed E-state index contributed by atoms with van der Waals surface area (Å²) in [5.74, 6) is 0. The van der Waals surface area contributed by atoms with E-state index in [0.717, 1.165) is 31.1 Å². The van der Waals surface area contributed by atoms with Gasteiger partial charge in [-0.2, -0.15) is 0 Å². The van der Waals surface area contributed by atoms with Crippen molar-refractivity contribution in [1.82, 2.24) is 9.80 Å². The van der Waals surface area contributed by atoms with E-state index in [1.54, 1.807) is 4.90 Å². The minimum Gasteiger partial charge on any atom is -0.447 e. The van der Waals surface area contributed by atoms with Crippen LogP contribution in [0.5, 0.6) is 0 Å². The highest BCUT2D eigenvalue weighted by Gasteiger charge is 2.28. The predicted molar refractivity (Wildman–Crippen MR) is 158 cm³/mol. The summed E-state index contributed by atoms with van der Waals surface area (Å²) in [6.07, 6.45) is 10.1. The van der Waals surface area contributed by atoms with Crippen LogP contribution in [-0.2, 0) is 14.2 Å². The van der Waals surface area contributed by atoms with Crippen molar-refractivity contribution in [3.63, 3.8) is 0 Å². The minimum absolute atomic E-state index is 0.118. The Morgan fingerprint density at radius 1 is 0.718 bits per heavy atom. The summed E-state index contributed by atoms with van der Waals surface area (Å²) in [7, 11) is 0. The van der Waals surface area contributed by atoms with Crippen molar-refractivity contribution in [2.75, 3.05) is 59.2 Å². The second kappa shape index (κ2) is 19.0. The first-order chi connectivity index (χ1) is 19.2. The molecular weight excluding hydrogens is 512 g/mol. The van der Waals surface area contributed by atoms with Crippen LogP contribution in [0.2, 0.25) is 5.02 Å². The Morgan fingerprint density at radius 2 is 1.28 bits per heavy atom. The monoisotopic (exact) mass is 558 g/mol. The van der Waals surface area contributed by atoms with Gasteiger partial charge in [0, 0.05) is 37.8 Å². The molecule has 0 aliphatic carbocycles. The smallest absolute Gasteiger partial charge is 0.409 e. The molecule has 1 fully saturated rings. The van der Waals surface area contributed by atoms with Crippen molar-refractivity contribution in [2.45, 2.75) is 64.3 Å². The average Bonchev–Trinajstić information content (AvgIpc) is 2.97. The lowest BCUT2D eigenvalue weighted by Crippen LogP contribution is -2.50. The molecule has 1 heterocycles. The summed E-state index contributed by atoms with van der Waals surface area (Å²) in [6, 6.07) is 18.6. The summed E-state index contributed by atoms with van der Waals surface area (Å²) >= 11 is 6.14. The number of ether oxygens (including phenoxy) is 3. The molecule has 39 heavy (non-hydrogen) atoms. The van der Waals surface area contributed by atoms with Crippen molar-refractivity contribution in [3.8, 4) is 0 Å². The number of carbonyl (C=O) groups is 1.